The van der Waals surface area contributed by atoms with Crippen molar-refractivity contribution in [1.29, 1.82) is 0 Å². The molecule has 1 aromatic carbocycles. The normalized spacial score (nSPS) is 16.6. The van der Waals surface area contributed by atoms with Crippen molar-refractivity contribution in [3.63, 3.8) is 0 Å². The van der Waals surface area contributed by atoms with Crippen LogP contribution in [0.5, 0.6) is 5.75 Å². The molecule has 1 saturated heterocycles. The Hall–Kier alpha value is -2.57. The number of carbonyl (C=O) groups is 3. The predicted octanol–water partition coefficient (Wildman–Crippen LogP) is 2.40. The highest BCUT2D eigenvalue weighted by molar-refractivity contribution is 5.99. The van der Waals surface area contributed by atoms with Gasteiger partial charge in [-0.05, 0) is 36.6 Å². The van der Waals surface area contributed by atoms with Crippen LogP contribution < -0.4 is 10.1 Å². The van der Waals surface area contributed by atoms with Crippen LogP contribution in [-0.2, 0) is 14.3 Å². The van der Waals surface area contributed by atoms with Crippen LogP contribution in [0.3, 0.4) is 0 Å². The molecule has 0 bridgehead atoms. The average Bonchev–Trinajstić information content (AvgIpc) is 2.68. The highest BCUT2D eigenvalue weighted by atomic mass is 16.5. The van der Waals surface area contributed by atoms with Crippen molar-refractivity contribution in [2.24, 2.45) is 5.92 Å². The Morgan fingerprint density at radius 3 is 2.61 bits per heavy atom. The molecule has 2 amide bonds. The number of hydrogen-bond donors (Lipinski definition) is 1. The van der Waals surface area contributed by atoms with Crippen LogP contribution in [0.15, 0.2) is 24.3 Å². The van der Waals surface area contributed by atoms with Gasteiger partial charge in [-0.25, -0.2) is 0 Å². The molecular formula is C21H30N2O5. The van der Waals surface area contributed by atoms with E-state index in [9.17, 15) is 14.4 Å². The van der Waals surface area contributed by atoms with E-state index in [0.717, 1.165) is 12.8 Å². The number of benzene rings is 1. The van der Waals surface area contributed by atoms with Gasteiger partial charge in [-0.1, -0.05) is 27.2 Å². The number of nitrogens with zero attached hydrogens (tertiary/aromatic N) is 1. The minimum absolute atomic E-state index is 0.142. The fraction of sp³-hybridized carbons (Fsp3) is 0.571. The zero-order valence-corrected chi connectivity index (χ0v) is 16.9. The SMILES string of the molecule is CCCCOC(=O)CC1C(=O)NCCN1C(=O)c1ccc(OCC(C)C)cc1. The zero-order valence-electron chi connectivity index (χ0n) is 16.9. The maximum atomic E-state index is 12.9. The summed E-state index contributed by atoms with van der Waals surface area (Å²) in [6.07, 6.45) is 1.55. The molecule has 0 radical (unpaired) electrons. The van der Waals surface area contributed by atoms with Crippen LogP contribution in [-0.4, -0.2) is 55.0 Å². The van der Waals surface area contributed by atoms with Gasteiger partial charge in [0.2, 0.25) is 5.91 Å². The molecule has 1 aliphatic rings. The lowest BCUT2D eigenvalue weighted by Crippen LogP contribution is -2.57. The van der Waals surface area contributed by atoms with Crippen molar-refractivity contribution < 1.29 is 23.9 Å². The monoisotopic (exact) mass is 390 g/mol. The van der Waals surface area contributed by atoms with E-state index in [-0.39, 0.29) is 18.2 Å². The molecule has 1 aromatic rings. The number of amides is 2. The third kappa shape index (κ3) is 6.25. The van der Waals surface area contributed by atoms with Gasteiger partial charge in [0.25, 0.3) is 5.91 Å². The van der Waals surface area contributed by atoms with Gasteiger partial charge in [0.05, 0.1) is 19.6 Å². The lowest BCUT2D eigenvalue weighted by atomic mass is 10.1. The largest absolute Gasteiger partial charge is 0.493 e. The Bertz CT molecular complexity index is 672. The molecule has 0 saturated carbocycles. The van der Waals surface area contributed by atoms with Crippen molar-refractivity contribution in [2.45, 2.75) is 46.1 Å². The fourth-order valence-corrected chi connectivity index (χ4v) is 2.83. The lowest BCUT2D eigenvalue weighted by Gasteiger charge is -2.34. The molecule has 7 nitrogen and oxygen atoms in total. The van der Waals surface area contributed by atoms with Gasteiger partial charge in [0.1, 0.15) is 11.8 Å². The van der Waals surface area contributed by atoms with Crippen molar-refractivity contribution in [3.05, 3.63) is 29.8 Å². The van der Waals surface area contributed by atoms with Gasteiger partial charge in [0.15, 0.2) is 0 Å². The first-order chi connectivity index (χ1) is 13.4. The minimum atomic E-state index is -0.854. The molecule has 2 rings (SSSR count). The number of hydrogen-bond acceptors (Lipinski definition) is 5. The van der Waals surface area contributed by atoms with E-state index in [4.69, 9.17) is 9.47 Å². The number of rotatable bonds is 9. The summed E-state index contributed by atoms with van der Waals surface area (Å²) in [5.74, 6) is 0.0231. The van der Waals surface area contributed by atoms with Crippen molar-refractivity contribution in [2.75, 3.05) is 26.3 Å². The molecular weight excluding hydrogens is 360 g/mol. The van der Waals surface area contributed by atoms with E-state index in [0.29, 0.717) is 43.5 Å². The summed E-state index contributed by atoms with van der Waals surface area (Å²) in [5, 5.41) is 2.72. The molecule has 1 atom stereocenters. The van der Waals surface area contributed by atoms with Crippen LogP contribution >= 0.6 is 0 Å². The lowest BCUT2D eigenvalue weighted by molar-refractivity contribution is -0.147. The molecule has 28 heavy (non-hydrogen) atoms. The third-order valence-corrected chi connectivity index (χ3v) is 4.40. The maximum Gasteiger partial charge on any atom is 0.308 e. The summed E-state index contributed by atoms with van der Waals surface area (Å²) in [5.41, 5.74) is 0.455. The Labute approximate surface area is 166 Å². The molecule has 154 valence electrons. The number of ether oxygens (including phenoxy) is 2. The van der Waals surface area contributed by atoms with Gasteiger partial charge in [-0.15, -0.1) is 0 Å². The summed E-state index contributed by atoms with van der Waals surface area (Å²) in [7, 11) is 0. The van der Waals surface area contributed by atoms with E-state index in [2.05, 4.69) is 19.2 Å². The zero-order chi connectivity index (χ0) is 20.5. The Kier molecular flexibility index (Phi) is 8.29. The summed E-state index contributed by atoms with van der Waals surface area (Å²) in [4.78, 5) is 38.7. The minimum Gasteiger partial charge on any atom is -0.493 e. The molecule has 7 heteroatoms. The third-order valence-electron chi connectivity index (χ3n) is 4.40. The average molecular weight is 390 g/mol. The first-order valence-electron chi connectivity index (χ1n) is 9.89. The fourth-order valence-electron chi connectivity index (χ4n) is 2.83. The van der Waals surface area contributed by atoms with Crippen molar-refractivity contribution >= 4 is 17.8 Å². The van der Waals surface area contributed by atoms with E-state index >= 15 is 0 Å². The molecule has 0 aromatic heterocycles. The number of unbranched alkanes of at least 4 members (excludes halogenated alkanes) is 1. The van der Waals surface area contributed by atoms with Gasteiger partial charge in [-0.3, -0.25) is 14.4 Å². The molecule has 1 fully saturated rings. The topological polar surface area (TPSA) is 84.9 Å². The second-order valence-electron chi connectivity index (χ2n) is 7.31. The second kappa shape index (κ2) is 10.7. The van der Waals surface area contributed by atoms with E-state index in [1.54, 1.807) is 24.3 Å². The van der Waals surface area contributed by atoms with Gasteiger partial charge in [-0.2, -0.15) is 0 Å². The number of piperazine rings is 1. The molecule has 1 unspecified atom stereocenters. The van der Waals surface area contributed by atoms with Crippen LogP contribution in [0.25, 0.3) is 0 Å². The highest BCUT2D eigenvalue weighted by Crippen LogP contribution is 2.18. The van der Waals surface area contributed by atoms with Crippen LogP contribution in [0.1, 0.15) is 50.4 Å². The second-order valence-corrected chi connectivity index (χ2v) is 7.31. The number of esters is 1. The molecule has 1 aliphatic heterocycles. The number of nitrogens with one attached hydrogen (secondary N) is 1. The molecule has 1 heterocycles. The molecule has 0 spiro atoms. The van der Waals surface area contributed by atoms with Crippen LogP contribution in [0.2, 0.25) is 0 Å². The van der Waals surface area contributed by atoms with E-state index in [1.807, 2.05) is 6.92 Å². The molecule has 1 N–H and O–H groups in total. The van der Waals surface area contributed by atoms with E-state index < -0.39 is 12.0 Å². The van der Waals surface area contributed by atoms with Crippen molar-refractivity contribution in [3.8, 4) is 5.75 Å². The quantitative estimate of drug-likeness (QED) is 0.517. The number of carbonyl (C=O) groups excluding carboxylic acids is 3. The summed E-state index contributed by atoms with van der Waals surface area (Å²) >= 11 is 0. The molecule has 0 aliphatic carbocycles. The van der Waals surface area contributed by atoms with Crippen molar-refractivity contribution in [1.82, 2.24) is 10.2 Å². The first kappa shape index (κ1) is 21.7. The Balaban J connectivity index is 2.03. The Morgan fingerprint density at radius 1 is 1.25 bits per heavy atom. The maximum absolute atomic E-state index is 12.9. The van der Waals surface area contributed by atoms with Gasteiger partial charge < -0.3 is 19.7 Å². The predicted molar refractivity (Wildman–Crippen MR) is 105 cm³/mol. The van der Waals surface area contributed by atoms with Gasteiger partial charge in [0, 0.05) is 18.7 Å². The summed E-state index contributed by atoms with van der Waals surface area (Å²) < 4.78 is 10.8. The van der Waals surface area contributed by atoms with Gasteiger partial charge >= 0.3 is 5.97 Å². The summed E-state index contributed by atoms with van der Waals surface area (Å²) in [6, 6.07) is 6.00. The Morgan fingerprint density at radius 2 is 1.96 bits per heavy atom. The first-order valence-corrected chi connectivity index (χ1v) is 9.89. The van der Waals surface area contributed by atoms with E-state index in [1.165, 1.54) is 4.90 Å². The highest BCUT2D eigenvalue weighted by Gasteiger charge is 2.35. The smallest absolute Gasteiger partial charge is 0.308 e. The van der Waals surface area contributed by atoms with Crippen LogP contribution in [0, 0.1) is 5.92 Å². The summed E-state index contributed by atoms with van der Waals surface area (Å²) in [6.45, 7) is 7.77. The van der Waals surface area contributed by atoms with Crippen LogP contribution in [0.4, 0.5) is 0 Å². The standard InChI is InChI=1S/C21H30N2O5/c1-4-5-12-27-19(24)13-18-20(25)22-10-11-23(18)21(26)16-6-8-17(9-7-16)28-14-15(2)3/h6-9,15,18H,4-5,10-14H2,1-3H3,(H,22,25).